The van der Waals surface area contributed by atoms with Gasteiger partial charge in [0, 0.05) is 29.7 Å². The minimum absolute atomic E-state index is 0.123. The van der Waals surface area contributed by atoms with E-state index in [0.717, 1.165) is 16.8 Å². The highest BCUT2D eigenvalue weighted by Crippen LogP contribution is 2.43. The third kappa shape index (κ3) is 3.86. The van der Waals surface area contributed by atoms with E-state index >= 15 is 0 Å². The zero-order valence-electron chi connectivity index (χ0n) is 18.0. The van der Waals surface area contributed by atoms with E-state index < -0.39 is 12.0 Å². The molecule has 0 saturated heterocycles. The van der Waals surface area contributed by atoms with Crippen LogP contribution in [0.5, 0.6) is 5.75 Å². The third-order valence-electron chi connectivity index (χ3n) is 5.87. The predicted octanol–water partition coefficient (Wildman–Crippen LogP) is 4.33. The highest BCUT2D eigenvalue weighted by Gasteiger charge is 2.43. The lowest BCUT2D eigenvalue weighted by atomic mass is 9.95. The molecule has 0 aliphatic carbocycles. The van der Waals surface area contributed by atoms with Gasteiger partial charge < -0.3 is 10.1 Å². The van der Waals surface area contributed by atoms with Gasteiger partial charge in [0.15, 0.2) is 0 Å². The normalized spacial score (nSPS) is 18.6. The average molecular weight is 443 g/mol. The van der Waals surface area contributed by atoms with Crippen molar-refractivity contribution >= 4 is 17.4 Å². The number of rotatable bonds is 5. The van der Waals surface area contributed by atoms with Crippen LogP contribution in [0.3, 0.4) is 0 Å². The third-order valence-corrected chi connectivity index (χ3v) is 5.87. The van der Waals surface area contributed by atoms with Gasteiger partial charge in [-0.25, -0.2) is 9.40 Å². The smallest absolute Gasteiger partial charge is 0.251 e. The molecule has 6 nitrogen and oxygen atoms in total. The molecule has 0 fully saturated rings. The van der Waals surface area contributed by atoms with Gasteiger partial charge in [0.25, 0.3) is 12.1 Å². The molecular weight excluding hydrogens is 421 g/mol. The van der Waals surface area contributed by atoms with Crippen molar-refractivity contribution in [3.63, 3.8) is 0 Å². The maximum atomic E-state index is 13.4. The van der Waals surface area contributed by atoms with Crippen molar-refractivity contribution in [2.24, 2.45) is 5.10 Å². The molecule has 2 aliphatic rings. The van der Waals surface area contributed by atoms with Crippen molar-refractivity contribution < 1.29 is 18.7 Å². The minimum atomic E-state index is -0.956. The molecule has 166 valence electrons. The molecule has 0 spiro atoms. The van der Waals surface area contributed by atoms with Crippen LogP contribution in [-0.2, 0) is 0 Å². The fourth-order valence-corrected chi connectivity index (χ4v) is 4.21. The summed E-state index contributed by atoms with van der Waals surface area (Å²) in [5.74, 6) is -0.174. The largest absolute Gasteiger partial charge is 0.461 e. The zero-order valence-corrected chi connectivity index (χ0v) is 18.0. The van der Waals surface area contributed by atoms with Crippen LogP contribution in [0.4, 0.5) is 4.39 Å². The summed E-state index contributed by atoms with van der Waals surface area (Å²) >= 11 is 0. The second-order valence-corrected chi connectivity index (χ2v) is 7.96. The Morgan fingerprint density at radius 3 is 2.45 bits per heavy atom. The molecule has 0 radical (unpaired) electrons. The summed E-state index contributed by atoms with van der Waals surface area (Å²) in [5, 5.41) is 9.25. The number of hydrogen-bond acceptors (Lipinski definition) is 5. The average Bonchev–Trinajstić information content (AvgIpc) is 3.30. The van der Waals surface area contributed by atoms with E-state index in [0.29, 0.717) is 29.8 Å². The number of fused-ring (bicyclic) bond motifs is 3. The van der Waals surface area contributed by atoms with Crippen LogP contribution < -0.4 is 10.1 Å². The second kappa shape index (κ2) is 8.50. The van der Waals surface area contributed by atoms with Crippen molar-refractivity contribution in [3.05, 3.63) is 101 Å². The highest BCUT2D eigenvalue weighted by atomic mass is 19.1. The molecule has 2 unspecified atom stereocenters. The number of nitrogens with zero attached hydrogens (tertiary/aromatic N) is 2. The van der Waals surface area contributed by atoms with Crippen molar-refractivity contribution in [1.82, 2.24) is 10.3 Å². The first-order chi connectivity index (χ1) is 16.0. The van der Waals surface area contributed by atoms with Crippen LogP contribution in [0.15, 0.2) is 77.9 Å². The molecule has 0 aromatic heterocycles. The van der Waals surface area contributed by atoms with E-state index in [1.54, 1.807) is 17.1 Å². The Morgan fingerprint density at radius 2 is 1.73 bits per heavy atom. The Kier molecular flexibility index (Phi) is 5.38. The van der Waals surface area contributed by atoms with Crippen LogP contribution in [0, 0.1) is 5.82 Å². The van der Waals surface area contributed by atoms with Crippen LogP contribution >= 0.6 is 0 Å². The Labute approximate surface area is 190 Å². The Bertz CT molecular complexity index is 1240. The van der Waals surface area contributed by atoms with E-state index in [2.05, 4.69) is 5.32 Å². The van der Waals surface area contributed by atoms with Crippen LogP contribution in [0.2, 0.25) is 0 Å². The number of amides is 1. The maximum absolute atomic E-state index is 13.4. The molecule has 3 aromatic rings. The summed E-state index contributed by atoms with van der Waals surface area (Å²) in [6.07, 6.45) is -0.365. The molecule has 1 N–H and O–H groups in total. The summed E-state index contributed by atoms with van der Waals surface area (Å²) in [5.41, 5.74) is 3.57. The maximum Gasteiger partial charge on any atom is 0.251 e. The standard InChI is InChI=1S/C26H22FN3O3/c1-2-28-25(32)18-9-7-16(8-10-18)21-15-22-20-5-3-4-6-23(20)33-26(30(22)29-21)24(31)17-11-13-19(27)14-12-17/h3-14,22,26H,2,15H2,1H3,(H,28,32). The molecule has 1 amide bonds. The monoisotopic (exact) mass is 443 g/mol. The number of halogens is 1. The molecule has 3 aromatic carbocycles. The first-order valence-corrected chi connectivity index (χ1v) is 10.8. The van der Waals surface area contributed by atoms with Gasteiger partial charge in [0.1, 0.15) is 11.6 Å². The number of nitrogens with one attached hydrogen (secondary N) is 1. The number of hydrazone groups is 1. The minimum Gasteiger partial charge on any atom is -0.461 e. The van der Waals surface area contributed by atoms with Gasteiger partial charge in [-0.15, -0.1) is 0 Å². The van der Waals surface area contributed by atoms with Gasteiger partial charge in [-0.3, -0.25) is 9.59 Å². The van der Waals surface area contributed by atoms with Crippen LogP contribution in [0.25, 0.3) is 0 Å². The number of carbonyl (C=O) groups is 2. The van der Waals surface area contributed by atoms with E-state index in [9.17, 15) is 14.0 Å². The quantitative estimate of drug-likeness (QED) is 0.596. The first-order valence-electron chi connectivity index (χ1n) is 10.8. The number of para-hydroxylation sites is 1. The molecule has 33 heavy (non-hydrogen) atoms. The Balaban J connectivity index is 1.48. The molecule has 5 rings (SSSR count). The number of benzene rings is 3. The SMILES string of the molecule is CCNC(=O)c1ccc(C2=NN3C(C(=O)c4ccc(F)cc4)Oc4ccccc4C3C2)cc1. The number of hydrogen-bond donors (Lipinski definition) is 1. The molecule has 0 bridgehead atoms. The summed E-state index contributed by atoms with van der Waals surface area (Å²) in [7, 11) is 0. The van der Waals surface area contributed by atoms with Crippen molar-refractivity contribution in [3.8, 4) is 5.75 Å². The van der Waals surface area contributed by atoms with Crippen molar-refractivity contribution in [2.75, 3.05) is 6.54 Å². The lowest BCUT2D eigenvalue weighted by Crippen LogP contribution is -2.45. The van der Waals surface area contributed by atoms with E-state index in [1.165, 1.54) is 24.3 Å². The molecular formula is C26H22FN3O3. The molecule has 7 heteroatoms. The van der Waals surface area contributed by atoms with Crippen molar-refractivity contribution in [2.45, 2.75) is 25.6 Å². The second-order valence-electron chi connectivity index (χ2n) is 7.96. The van der Waals surface area contributed by atoms with E-state index in [4.69, 9.17) is 9.84 Å². The summed E-state index contributed by atoms with van der Waals surface area (Å²) in [6.45, 7) is 2.44. The summed E-state index contributed by atoms with van der Waals surface area (Å²) < 4.78 is 19.4. The van der Waals surface area contributed by atoms with Crippen LogP contribution in [0.1, 0.15) is 51.2 Å². The molecule has 2 aliphatic heterocycles. The lowest BCUT2D eigenvalue weighted by molar-refractivity contribution is -0.00456. The molecule has 2 atom stereocenters. The van der Waals surface area contributed by atoms with E-state index in [1.807, 2.05) is 43.3 Å². The fraction of sp³-hybridized carbons (Fsp3) is 0.192. The highest BCUT2D eigenvalue weighted by molar-refractivity contribution is 6.04. The molecule has 2 heterocycles. The Morgan fingerprint density at radius 1 is 1.03 bits per heavy atom. The van der Waals surface area contributed by atoms with Gasteiger partial charge >= 0.3 is 0 Å². The first kappa shape index (κ1) is 20.9. The zero-order chi connectivity index (χ0) is 22.9. The van der Waals surface area contributed by atoms with Gasteiger partial charge in [-0.1, -0.05) is 30.3 Å². The van der Waals surface area contributed by atoms with Crippen LogP contribution in [-0.4, -0.2) is 35.2 Å². The van der Waals surface area contributed by atoms with E-state index in [-0.39, 0.29) is 17.7 Å². The topological polar surface area (TPSA) is 71.0 Å². The number of ether oxygens (including phenoxy) is 1. The number of ketones is 1. The number of carbonyl (C=O) groups excluding carboxylic acids is 2. The predicted molar refractivity (Wildman–Crippen MR) is 122 cm³/mol. The van der Waals surface area contributed by atoms with Gasteiger partial charge in [0.2, 0.25) is 5.78 Å². The lowest BCUT2D eigenvalue weighted by Gasteiger charge is -2.37. The van der Waals surface area contributed by atoms with Gasteiger partial charge in [0.05, 0.1) is 11.8 Å². The van der Waals surface area contributed by atoms with Gasteiger partial charge in [-0.2, -0.15) is 5.10 Å². The van der Waals surface area contributed by atoms with Gasteiger partial charge in [-0.05, 0) is 55.0 Å². The Hall–Kier alpha value is -4.00. The summed E-state index contributed by atoms with van der Waals surface area (Å²) in [6, 6.07) is 20.2. The fourth-order valence-electron chi connectivity index (χ4n) is 4.21. The van der Waals surface area contributed by atoms with Crippen molar-refractivity contribution in [1.29, 1.82) is 0 Å². The molecule has 0 saturated carbocycles. The summed E-state index contributed by atoms with van der Waals surface area (Å²) in [4.78, 5) is 25.4. The number of Topliss-reactive ketones (excluding diaryl/α,β-unsaturated/α-hetero) is 1.